The van der Waals surface area contributed by atoms with E-state index in [9.17, 15) is 0 Å². The van der Waals surface area contributed by atoms with Crippen molar-refractivity contribution in [1.29, 1.82) is 0 Å². The highest BCUT2D eigenvalue weighted by Gasteiger charge is 2.50. The monoisotopic (exact) mass is 247 g/mol. The molecule has 2 N–H and O–H groups in total. The summed E-state index contributed by atoms with van der Waals surface area (Å²) in [7, 11) is 0. The van der Waals surface area contributed by atoms with Gasteiger partial charge in [-0.25, -0.2) is 0 Å². The molecule has 1 unspecified atom stereocenters. The third-order valence-corrected chi connectivity index (χ3v) is 6.56. The van der Waals surface area contributed by atoms with Crippen LogP contribution in [0.1, 0.15) is 43.0 Å². The van der Waals surface area contributed by atoms with Gasteiger partial charge in [-0.2, -0.15) is 0 Å². The van der Waals surface area contributed by atoms with Crippen LogP contribution in [-0.2, 0) is 0 Å². The standard InChI is InChI=1S/C15H21NS/c16-15(13-2-1-3-17-13)14-11-5-9-4-10(7-11)8-12(14)6-9/h1-3,9-12,14-15H,4-8,16H2. The highest BCUT2D eigenvalue weighted by Crippen LogP contribution is 2.59. The summed E-state index contributed by atoms with van der Waals surface area (Å²) in [5.41, 5.74) is 6.58. The lowest BCUT2D eigenvalue weighted by Gasteiger charge is -2.55. The first-order valence-electron chi connectivity index (χ1n) is 7.10. The third-order valence-electron chi connectivity index (χ3n) is 5.59. The molecule has 5 rings (SSSR count). The lowest BCUT2D eigenvalue weighted by atomic mass is 9.50. The molecule has 0 spiro atoms. The minimum atomic E-state index is 0.324. The van der Waals surface area contributed by atoms with Crippen molar-refractivity contribution in [2.45, 2.75) is 38.1 Å². The van der Waals surface area contributed by atoms with Gasteiger partial charge in [-0.1, -0.05) is 6.07 Å². The molecular weight excluding hydrogens is 226 g/mol. The molecule has 17 heavy (non-hydrogen) atoms. The first-order chi connectivity index (χ1) is 8.31. The van der Waals surface area contributed by atoms with Gasteiger partial charge in [-0.05, 0) is 73.1 Å². The predicted octanol–water partition coefficient (Wildman–Crippen LogP) is 3.82. The van der Waals surface area contributed by atoms with E-state index in [1.807, 2.05) is 11.3 Å². The molecule has 4 aliphatic rings. The average molecular weight is 247 g/mol. The van der Waals surface area contributed by atoms with Gasteiger partial charge in [0.25, 0.3) is 0 Å². The maximum absolute atomic E-state index is 6.58. The first kappa shape index (κ1) is 10.6. The van der Waals surface area contributed by atoms with Crippen LogP contribution in [0.2, 0.25) is 0 Å². The van der Waals surface area contributed by atoms with Crippen LogP contribution in [0.3, 0.4) is 0 Å². The molecule has 0 amide bonds. The molecule has 0 saturated heterocycles. The van der Waals surface area contributed by atoms with E-state index in [4.69, 9.17) is 5.73 Å². The Hall–Kier alpha value is -0.340. The third kappa shape index (κ3) is 1.61. The lowest BCUT2D eigenvalue weighted by molar-refractivity contribution is -0.0467. The summed E-state index contributed by atoms with van der Waals surface area (Å²) in [6, 6.07) is 4.71. The molecular formula is C15H21NS. The molecule has 0 radical (unpaired) electrons. The fourth-order valence-electron chi connectivity index (χ4n) is 5.22. The van der Waals surface area contributed by atoms with Crippen LogP contribution in [0.4, 0.5) is 0 Å². The number of nitrogens with two attached hydrogens (primary N) is 1. The Morgan fingerprint density at radius 2 is 1.71 bits per heavy atom. The van der Waals surface area contributed by atoms with E-state index in [2.05, 4.69) is 17.5 Å². The number of thiophene rings is 1. The molecule has 0 aromatic carbocycles. The summed E-state index contributed by atoms with van der Waals surface area (Å²) in [5, 5.41) is 2.17. The van der Waals surface area contributed by atoms with Crippen molar-refractivity contribution in [3.63, 3.8) is 0 Å². The van der Waals surface area contributed by atoms with Crippen molar-refractivity contribution in [3.8, 4) is 0 Å². The van der Waals surface area contributed by atoms with Crippen LogP contribution in [-0.4, -0.2) is 0 Å². The largest absolute Gasteiger partial charge is 0.323 e. The van der Waals surface area contributed by atoms with Gasteiger partial charge in [-0.3, -0.25) is 0 Å². The van der Waals surface area contributed by atoms with Gasteiger partial charge >= 0.3 is 0 Å². The van der Waals surface area contributed by atoms with Crippen molar-refractivity contribution in [3.05, 3.63) is 22.4 Å². The molecule has 4 bridgehead atoms. The summed E-state index contributed by atoms with van der Waals surface area (Å²) >= 11 is 1.85. The second kappa shape index (κ2) is 3.83. The molecule has 4 saturated carbocycles. The van der Waals surface area contributed by atoms with Crippen molar-refractivity contribution >= 4 is 11.3 Å². The van der Waals surface area contributed by atoms with Crippen molar-refractivity contribution in [1.82, 2.24) is 0 Å². The Balaban J connectivity index is 1.62. The second-order valence-electron chi connectivity index (χ2n) is 6.55. The van der Waals surface area contributed by atoms with Crippen LogP contribution in [0.25, 0.3) is 0 Å². The van der Waals surface area contributed by atoms with Crippen LogP contribution >= 0.6 is 11.3 Å². The van der Waals surface area contributed by atoms with Gasteiger partial charge in [0.05, 0.1) is 0 Å². The van der Waals surface area contributed by atoms with Crippen LogP contribution in [0.15, 0.2) is 17.5 Å². The highest BCUT2D eigenvalue weighted by molar-refractivity contribution is 7.10. The molecule has 1 nitrogen and oxygen atoms in total. The smallest absolute Gasteiger partial charge is 0.0423 e. The van der Waals surface area contributed by atoms with Crippen LogP contribution in [0.5, 0.6) is 0 Å². The number of hydrogen-bond donors (Lipinski definition) is 1. The zero-order chi connectivity index (χ0) is 11.4. The van der Waals surface area contributed by atoms with Gasteiger partial charge in [0, 0.05) is 10.9 Å². The quantitative estimate of drug-likeness (QED) is 0.844. The number of rotatable bonds is 2. The van der Waals surface area contributed by atoms with E-state index >= 15 is 0 Å². The van der Waals surface area contributed by atoms with E-state index in [0.29, 0.717) is 6.04 Å². The topological polar surface area (TPSA) is 26.0 Å². The molecule has 1 heterocycles. The Morgan fingerprint density at radius 1 is 1.06 bits per heavy atom. The molecule has 1 atom stereocenters. The van der Waals surface area contributed by atoms with Gasteiger partial charge < -0.3 is 5.73 Å². The molecule has 4 fully saturated rings. The van der Waals surface area contributed by atoms with Crippen molar-refractivity contribution in [2.75, 3.05) is 0 Å². The minimum Gasteiger partial charge on any atom is -0.323 e. The Bertz CT molecular complexity index is 369. The SMILES string of the molecule is NC(c1cccs1)C1C2CC3CC(C2)CC1C3. The molecule has 2 heteroatoms. The summed E-state index contributed by atoms with van der Waals surface area (Å²) in [4.78, 5) is 1.42. The Morgan fingerprint density at radius 3 is 2.24 bits per heavy atom. The van der Waals surface area contributed by atoms with E-state index < -0.39 is 0 Å². The predicted molar refractivity (Wildman–Crippen MR) is 71.8 cm³/mol. The zero-order valence-electron chi connectivity index (χ0n) is 10.2. The summed E-state index contributed by atoms with van der Waals surface area (Å²) < 4.78 is 0. The minimum absolute atomic E-state index is 0.324. The Labute approximate surface area is 107 Å². The van der Waals surface area contributed by atoms with E-state index in [1.54, 1.807) is 0 Å². The van der Waals surface area contributed by atoms with Crippen LogP contribution in [0, 0.1) is 29.6 Å². The normalized spacial score (nSPS) is 45.1. The lowest BCUT2D eigenvalue weighted by Crippen LogP contribution is -2.48. The van der Waals surface area contributed by atoms with Gasteiger partial charge in [0.2, 0.25) is 0 Å². The zero-order valence-corrected chi connectivity index (χ0v) is 11.0. The fraction of sp³-hybridized carbons (Fsp3) is 0.733. The summed E-state index contributed by atoms with van der Waals surface area (Å²) in [6.07, 6.45) is 7.47. The van der Waals surface area contributed by atoms with Crippen molar-refractivity contribution < 1.29 is 0 Å². The fourth-order valence-corrected chi connectivity index (χ4v) is 6.01. The molecule has 4 aliphatic carbocycles. The maximum Gasteiger partial charge on any atom is 0.0423 e. The van der Waals surface area contributed by atoms with E-state index in [0.717, 1.165) is 29.6 Å². The summed E-state index contributed by atoms with van der Waals surface area (Å²) in [5.74, 6) is 4.81. The molecule has 0 aliphatic heterocycles. The molecule has 1 aromatic rings. The average Bonchev–Trinajstić information content (AvgIpc) is 2.80. The first-order valence-corrected chi connectivity index (χ1v) is 7.98. The van der Waals surface area contributed by atoms with Gasteiger partial charge in [0.15, 0.2) is 0 Å². The Kier molecular flexibility index (Phi) is 2.38. The summed E-state index contributed by atoms with van der Waals surface area (Å²) in [6.45, 7) is 0. The second-order valence-corrected chi connectivity index (χ2v) is 7.53. The van der Waals surface area contributed by atoms with Gasteiger partial charge in [0.1, 0.15) is 0 Å². The van der Waals surface area contributed by atoms with E-state index in [1.165, 1.54) is 37.0 Å². The van der Waals surface area contributed by atoms with E-state index in [-0.39, 0.29) is 0 Å². The highest BCUT2D eigenvalue weighted by atomic mass is 32.1. The van der Waals surface area contributed by atoms with Gasteiger partial charge in [-0.15, -0.1) is 11.3 Å². The molecule has 92 valence electrons. The van der Waals surface area contributed by atoms with Crippen LogP contribution < -0.4 is 5.73 Å². The maximum atomic E-state index is 6.58. The van der Waals surface area contributed by atoms with Crippen molar-refractivity contribution in [2.24, 2.45) is 35.3 Å². The molecule has 1 aromatic heterocycles. The number of hydrogen-bond acceptors (Lipinski definition) is 2.